The van der Waals surface area contributed by atoms with E-state index < -0.39 is 15.9 Å². The summed E-state index contributed by atoms with van der Waals surface area (Å²) in [4.78, 5) is 12.8. The van der Waals surface area contributed by atoms with Gasteiger partial charge < -0.3 is 10.1 Å². The van der Waals surface area contributed by atoms with Gasteiger partial charge in [-0.15, -0.1) is 0 Å². The molecule has 1 atom stereocenters. The average Bonchev–Trinajstić information content (AvgIpc) is 3.27. The molecule has 2 aromatic heterocycles. The number of hydrogen-bond acceptors (Lipinski definition) is 6. The van der Waals surface area contributed by atoms with Gasteiger partial charge in [-0.2, -0.15) is 14.5 Å². The quantitative estimate of drug-likeness (QED) is 0.728. The Kier molecular flexibility index (Phi) is 6.16. The first-order chi connectivity index (χ1) is 13.3. The van der Waals surface area contributed by atoms with Gasteiger partial charge in [0, 0.05) is 26.7 Å². The maximum absolute atomic E-state index is 13.0. The maximum atomic E-state index is 13.0. The van der Waals surface area contributed by atoms with Crippen LogP contribution in [0.2, 0.25) is 0 Å². The van der Waals surface area contributed by atoms with E-state index in [2.05, 4.69) is 15.5 Å². The van der Waals surface area contributed by atoms with Crippen LogP contribution in [0.3, 0.4) is 0 Å². The van der Waals surface area contributed by atoms with Gasteiger partial charge in [0.25, 0.3) is 0 Å². The fourth-order valence-electron chi connectivity index (χ4n) is 3.17. The highest BCUT2D eigenvalue weighted by Gasteiger charge is 2.35. The lowest BCUT2D eigenvalue weighted by Crippen LogP contribution is -2.43. The molecule has 154 valence electrons. The first kappa shape index (κ1) is 20.5. The molecular formula is C17H26N6O4S. The average molecular weight is 411 g/mol. The second kappa shape index (κ2) is 8.41. The molecule has 0 saturated carbocycles. The minimum atomic E-state index is -3.68. The van der Waals surface area contributed by atoms with Crippen LogP contribution in [0.15, 0.2) is 23.5 Å². The fourth-order valence-corrected chi connectivity index (χ4v) is 4.88. The van der Waals surface area contributed by atoms with E-state index in [1.165, 1.54) is 15.2 Å². The summed E-state index contributed by atoms with van der Waals surface area (Å²) in [7, 11) is -1.98. The van der Waals surface area contributed by atoms with Crippen LogP contribution in [0.5, 0.6) is 0 Å². The van der Waals surface area contributed by atoms with E-state index in [1.54, 1.807) is 31.0 Å². The topological polar surface area (TPSA) is 111 Å². The first-order valence-electron chi connectivity index (χ1n) is 9.22. The lowest BCUT2D eigenvalue weighted by atomic mass is 9.99. The molecule has 10 nitrogen and oxygen atoms in total. The van der Waals surface area contributed by atoms with Crippen molar-refractivity contribution in [2.75, 3.05) is 25.0 Å². The molecule has 1 N–H and O–H groups in total. The Morgan fingerprint density at radius 1 is 1.36 bits per heavy atom. The van der Waals surface area contributed by atoms with E-state index >= 15 is 0 Å². The molecule has 1 amide bonds. The van der Waals surface area contributed by atoms with Crippen LogP contribution < -0.4 is 5.32 Å². The van der Waals surface area contributed by atoms with Crippen LogP contribution in [0, 0.1) is 12.8 Å². The van der Waals surface area contributed by atoms with Crippen molar-refractivity contribution >= 4 is 21.6 Å². The fraction of sp³-hybridized carbons (Fsp3) is 0.588. The lowest BCUT2D eigenvalue weighted by Gasteiger charge is -2.31. The van der Waals surface area contributed by atoms with E-state index in [4.69, 9.17) is 4.74 Å². The molecule has 1 unspecified atom stereocenters. The highest BCUT2D eigenvalue weighted by molar-refractivity contribution is 7.89. The van der Waals surface area contributed by atoms with Gasteiger partial charge in [-0.1, -0.05) is 0 Å². The van der Waals surface area contributed by atoms with Gasteiger partial charge in [0.2, 0.25) is 15.9 Å². The van der Waals surface area contributed by atoms with Gasteiger partial charge >= 0.3 is 0 Å². The van der Waals surface area contributed by atoms with Gasteiger partial charge in [0.15, 0.2) is 0 Å². The summed E-state index contributed by atoms with van der Waals surface area (Å²) in [6.07, 6.45) is 5.86. The third-order valence-corrected chi connectivity index (χ3v) is 6.86. The summed E-state index contributed by atoms with van der Waals surface area (Å²) in [6.45, 7) is 5.04. The van der Waals surface area contributed by atoms with Gasteiger partial charge in [-0.25, -0.2) is 13.1 Å². The minimum absolute atomic E-state index is 0.148. The van der Waals surface area contributed by atoms with Gasteiger partial charge in [0.05, 0.1) is 35.9 Å². The number of carbonyl (C=O) groups excluding carboxylic acids is 1. The number of nitrogens with zero attached hydrogens (tertiary/aromatic N) is 5. The van der Waals surface area contributed by atoms with E-state index in [-0.39, 0.29) is 17.3 Å². The number of carbonyl (C=O) groups is 1. The Bertz CT molecular complexity index is 935. The van der Waals surface area contributed by atoms with Crippen molar-refractivity contribution in [1.29, 1.82) is 0 Å². The molecule has 1 aliphatic rings. The highest BCUT2D eigenvalue weighted by Crippen LogP contribution is 2.26. The molecule has 1 saturated heterocycles. The van der Waals surface area contributed by atoms with Crippen molar-refractivity contribution < 1.29 is 17.9 Å². The monoisotopic (exact) mass is 410 g/mol. The standard InChI is InChI=1S/C17H26N6O4S/c1-4-27-12-22-11-15(8-19-22)20-17(24)14-6-5-7-23(10-14)28(25,26)16-9-18-21(3)13(16)2/h8-9,11,14H,4-7,10,12H2,1-3H3,(H,20,24). The van der Waals surface area contributed by atoms with Crippen molar-refractivity contribution in [2.24, 2.45) is 13.0 Å². The normalized spacial score (nSPS) is 18.3. The summed E-state index contributed by atoms with van der Waals surface area (Å²) in [5.74, 6) is -0.630. The molecular weight excluding hydrogens is 384 g/mol. The summed E-state index contributed by atoms with van der Waals surface area (Å²) in [5.41, 5.74) is 1.14. The zero-order valence-electron chi connectivity index (χ0n) is 16.3. The van der Waals surface area contributed by atoms with E-state index in [0.29, 0.717) is 44.1 Å². The van der Waals surface area contributed by atoms with Gasteiger partial charge in [-0.05, 0) is 26.7 Å². The van der Waals surface area contributed by atoms with Crippen LogP contribution in [0.4, 0.5) is 5.69 Å². The number of sulfonamides is 1. The van der Waals surface area contributed by atoms with Crippen LogP contribution in [0.1, 0.15) is 25.5 Å². The Labute approximate surface area is 164 Å². The number of aromatic nitrogens is 4. The molecule has 1 aliphatic heterocycles. The third-order valence-electron chi connectivity index (χ3n) is 4.89. The Hall–Kier alpha value is -2.24. The van der Waals surface area contributed by atoms with Crippen molar-refractivity contribution in [1.82, 2.24) is 23.9 Å². The third kappa shape index (κ3) is 4.26. The number of anilines is 1. The minimum Gasteiger partial charge on any atom is -0.360 e. The summed E-state index contributed by atoms with van der Waals surface area (Å²) >= 11 is 0. The molecule has 0 spiro atoms. The summed E-state index contributed by atoms with van der Waals surface area (Å²) < 4.78 is 35.7. The Morgan fingerprint density at radius 2 is 2.14 bits per heavy atom. The number of piperidine rings is 1. The molecule has 3 heterocycles. The van der Waals surface area contributed by atoms with Gasteiger partial charge in [-0.3, -0.25) is 9.48 Å². The number of amides is 1. The zero-order chi connectivity index (χ0) is 20.3. The second-order valence-electron chi connectivity index (χ2n) is 6.80. The first-order valence-corrected chi connectivity index (χ1v) is 10.7. The summed E-state index contributed by atoms with van der Waals surface area (Å²) in [6, 6.07) is 0. The predicted octanol–water partition coefficient (Wildman–Crippen LogP) is 0.958. The smallest absolute Gasteiger partial charge is 0.246 e. The van der Waals surface area contributed by atoms with E-state index in [1.807, 2.05) is 6.92 Å². The van der Waals surface area contributed by atoms with E-state index in [9.17, 15) is 13.2 Å². The molecule has 0 radical (unpaired) electrons. The second-order valence-corrected chi connectivity index (χ2v) is 8.71. The largest absolute Gasteiger partial charge is 0.360 e. The number of nitrogens with one attached hydrogen (secondary N) is 1. The van der Waals surface area contributed by atoms with Crippen molar-refractivity contribution in [3.05, 3.63) is 24.3 Å². The van der Waals surface area contributed by atoms with Gasteiger partial charge in [0.1, 0.15) is 11.6 Å². The molecule has 0 aromatic carbocycles. The Balaban J connectivity index is 1.66. The van der Waals surface area contributed by atoms with Crippen LogP contribution in [-0.2, 0) is 33.3 Å². The van der Waals surface area contributed by atoms with Crippen LogP contribution in [0.25, 0.3) is 0 Å². The lowest BCUT2D eigenvalue weighted by molar-refractivity contribution is -0.120. The number of rotatable bonds is 7. The van der Waals surface area contributed by atoms with Crippen LogP contribution >= 0.6 is 0 Å². The molecule has 0 bridgehead atoms. The zero-order valence-corrected chi connectivity index (χ0v) is 17.1. The van der Waals surface area contributed by atoms with Crippen LogP contribution in [-0.4, -0.2) is 57.9 Å². The molecule has 0 aliphatic carbocycles. The number of ether oxygens (including phenoxy) is 1. The van der Waals surface area contributed by atoms with E-state index in [0.717, 1.165) is 0 Å². The highest BCUT2D eigenvalue weighted by atomic mass is 32.2. The molecule has 11 heteroatoms. The predicted molar refractivity (Wildman–Crippen MR) is 102 cm³/mol. The van der Waals surface area contributed by atoms with Crippen molar-refractivity contribution in [2.45, 2.75) is 38.3 Å². The van der Waals surface area contributed by atoms with Crippen molar-refractivity contribution in [3.8, 4) is 0 Å². The van der Waals surface area contributed by atoms with Crippen molar-refractivity contribution in [3.63, 3.8) is 0 Å². The molecule has 2 aromatic rings. The SMILES string of the molecule is CCOCn1cc(NC(=O)C2CCCN(S(=O)(=O)c3cnn(C)c3C)C2)cn1. The number of hydrogen-bond donors (Lipinski definition) is 1. The molecule has 1 fully saturated rings. The molecule has 28 heavy (non-hydrogen) atoms. The number of aryl methyl sites for hydroxylation is 1. The maximum Gasteiger partial charge on any atom is 0.246 e. The summed E-state index contributed by atoms with van der Waals surface area (Å²) in [5, 5.41) is 11.0. The molecule has 3 rings (SSSR count). The Morgan fingerprint density at radius 3 is 2.82 bits per heavy atom.